The first-order valence-electron chi connectivity index (χ1n) is 9.28. The van der Waals surface area contributed by atoms with E-state index in [1.54, 1.807) is 13.0 Å². The van der Waals surface area contributed by atoms with Gasteiger partial charge in [0.2, 0.25) is 17.7 Å². The van der Waals surface area contributed by atoms with Crippen molar-refractivity contribution >= 4 is 56.0 Å². The zero-order valence-corrected chi connectivity index (χ0v) is 16.9. The van der Waals surface area contributed by atoms with Crippen molar-refractivity contribution in [3.8, 4) is 0 Å². The fourth-order valence-electron chi connectivity index (χ4n) is 4.74. The zero-order chi connectivity index (χ0) is 19.7. The SMILES string of the molecule is Cc1cc2sc(NC(=O)[C@H](C)N3C(=O)[C@H]4[C@H](C3=O)[C@H]3C=C[C@H]4C3)nc2cc1Cl. The van der Waals surface area contributed by atoms with Crippen LogP contribution >= 0.6 is 22.9 Å². The topological polar surface area (TPSA) is 79.4 Å². The minimum Gasteiger partial charge on any atom is -0.300 e. The Labute approximate surface area is 170 Å². The molecule has 28 heavy (non-hydrogen) atoms. The summed E-state index contributed by atoms with van der Waals surface area (Å²) in [5, 5.41) is 3.80. The highest BCUT2D eigenvalue weighted by Gasteiger charge is 2.60. The van der Waals surface area contributed by atoms with E-state index < -0.39 is 11.9 Å². The maximum Gasteiger partial charge on any atom is 0.249 e. The number of anilines is 1. The molecule has 1 aromatic carbocycles. The van der Waals surface area contributed by atoms with Gasteiger partial charge in [-0.3, -0.25) is 19.3 Å². The number of thiazole rings is 1. The number of amides is 3. The van der Waals surface area contributed by atoms with E-state index in [2.05, 4.69) is 10.3 Å². The predicted molar refractivity (Wildman–Crippen MR) is 107 cm³/mol. The molecule has 2 aromatic rings. The highest BCUT2D eigenvalue weighted by Crippen LogP contribution is 2.52. The molecular weight excluding hydrogens is 398 g/mol. The Kier molecular flexibility index (Phi) is 3.90. The second-order valence-corrected chi connectivity index (χ2v) is 9.24. The lowest BCUT2D eigenvalue weighted by atomic mass is 9.85. The average Bonchev–Trinajstić information content (AvgIpc) is 3.39. The number of hydrogen-bond acceptors (Lipinski definition) is 5. The molecule has 5 atom stereocenters. The maximum absolute atomic E-state index is 12.9. The van der Waals surface area contributed by atoms with Gasteiger partial charge in [0.1, 0.15) is 6.04 Å². The van der Waals surface area contributed by atoms with E-state index in [0.717, 1.165) is 21.6 Å². The van der Waals surface area contributed by atoms with Gasteiger partial charge < -0.3 is 5.32 Å². The van der Waals surface area contributed by atoms with Crippen molar-refractivity contribution in [2.24, 2.45) is 23.7 Å². The summed E-state index contributed by atoms with van der Waals surface area (Å²) < 4.78 is 0.912. The number of halogens is 1. The number of carbonyl (C=O) groups is 3. The molecule has 1 saturated carbocycles. The fourth-order valence-corrected chi connectivity index (χ4v) is 5.84. The van der Waals surface area contributed by atoms with Crippen LogP contribution in [0.3, 0.4) is 0 Å². The quantitative estimate of drug-likeness (QED) is 0.615. The largest absolute Gasteiger partial charge is 0.300 e. The summed E-state index contributed by atoms with van der Waals surface area (Å²) in [6.07, 6.45) is 4.95. The first-order chi connectivity index (χ1) is 13.3. The summed E-state index contributed by atoms with van der Waals surface area (Å²) >= 11 is 7.47. The normalized spacial score (nSPS) is 29.0. The number of aromatic nitrogens is 1. The van der Waals surface area contributed by atoms with E-state index in [9.17, 15) is 14.4 Å². The Morgan fingerprint density at radius 2 is 1.89 bits per heavy atom. The summed E-state index contributed by atoms with van der Waals surface area (Å²) in [5.74, 6) is -1.20. The number of rotatable bonds is 3. The molecule has 1 saturated heterocycles. The van der Waals surface area contributed by atoms with Gasteiger partial charge in [-0.15, -0.1) is 0 Å². The third-order valence-electron chi connectivity index (χ3n) is 6.17. The van der Waals surface area contributed by atoms with Crippen LogP contribution in [0.25, 0.3) is 10.2 Å². The van der Waals surface area contributed by atoms with Crippen LogP contribution in [0.5, 0.6) is 0 Å². The molecule has 6 nitrogen and oxygen atoms in total. The molecule has 144 valence electrons. The molecule has 1 aromatic heterocycles. The van der Waals surface area contributed by atoms with E-state index in [-0.39, 0.29) is 35.5 Å². The van der Waals surface area contributed by atoms with Crippen LogP contribution in [-0.4, -0.2) is 33.6 Å². The van der Waals surface area contributed by atoms with Crippen molar-refractivity contribution in [3.05, 3.63) is 34.9 Å². The number of likely N-dealkylation sites (tertiary alicyclic amines) is 1. The van der Waals surface area contributed by atoms with Crippen LogP contribution in [0.1, 0.15) is 18.9 Å². The molecule has 2 fully saturated rings. The lowest BCUT2D eigenvalue weighted by molar-refractivity contribution is -0.146. The van der Waals surface area contributed by atoms with Crippen molar-refractivity contribution in [2.75, 3.05) is 5.32 Å². The van der Waals surface area contributed by atoms with Gasteiger partial charge in [-0.05, 0) is 49.8 Å². The van der Waals surface area contributed by atoms with Crippen LogP contribution < -0.4 is 5.32 Å². The van der Waals surface area contributed by atoms with Gasteiger partial charge in [-0.1, -0.05) is 35.1 Å². The number of nitrogens with zero attached hydrogens (tertiary/aromatic N) is 2. The zero-order valence-electron chi connectivity index (χ0n) is 15.3. The molecule has 3 aliphatic rings. The van der Waals surface area contributed by atoms with E-state index in [0.29, 0.717) is 15.7 Å². The lowest BCUT2D eigenvalue weighted by Gasteiger charge is -2.23. The molecule has 2 heterocycles. The maximum atomic E-state index is 12.9. The van der Waals surface area contributed by atoms with Gasteiger partial charge in [0.15, 0.2) is 5.13 Å². The van der Waals surface area contributed by atoms with Gasteiger partial charge in [0.05, 0.1) is 22.1 Å². The molecule has 8 heteroatoms. The molecule has 1 N–H and O–H groups in total. The summed E-state index contributed by atoms with van der Waals surface area (Å²) in [7, 11) is 0. The van der Waals surface area contributed by atoms with Crippen molar-refractivity contribution in [1.82, 2.24) is 9.88 Å². The molecule has 5 rings (SSSR count). The molecular formula is C20H18ClN3O3S. The second-order valence-electron chi connectivity index (χ2n) is 7.80. The van der Waals surface area contributed by atoms with Gasteiger partial charge in [-0.25, -0.2) is 4.98 Å². The number of hydrogen-bond donors (Lipinski definition) is 1. The van der Waals surface area contributed by atoms with Crippen molar-refractivity contribution in [2.45, 2.75) is 26.3 Å². The second kappa shape index (κ2) is 6.12. The first-order valence-corrected chi connectivity index (χ1v) is 10.5. The molecule has 2 aliphatic carbocycles. The monoisotopic (exact) mass is 415 g/mol. The summed E-state index contributed by atoms with van der Waals surface area (Å²) in [6.45, 7) is 3.50. The van der Waals surface area contributed by atoms with Crippen LogP contribution in [-0.2, 0) is 14.4 Å². The standard InChI is InChI=1S/C20H18ClN3O3S/c1-8-5-14-13(7-12(8)21)22-20(28-14)23-17(25)9(2)24-18(26)15-10-3-4-11(6-10)16(15)19(24)27/h3-5,7,9-11,15-16H,6H2,1-2H3,(H,22,23,25)/t9-,10-,11-,15+,16+/m0/s1. The van der Waals surface area contributed by atoms with Crippen molar-refractivity contribution in [1.29, 1.82) is 0 Å². The Morgan fingerprint density at radius 1 is 1.25 bits per heavy atom. The van der Waals surface area contributed by atoms with E-state index in [1.807, 2.05) is 25.1 Å². The van der Waals surface area contributed by atoms with Crippen LogP contribution in [0.4, 0.5) is 5.13 Å². The number of benzene rings is 1. The highest BCUT2D eigenvalue weighted by atomic mass is 35.5. The number of carbonyl (C=O) groups excluding carboxylic acids is 3. The Hall–Kier alpha value is -2.25. The number of fused-ring (bicyclic) bond motifs is 6. The third kappa shape index (κ3) is 2.46. The Bertz CT molecular complexity index is 1010. The summed E-state index contributed by atoms with van der Waals surface area (Å²) in [4.78, 5) is 44.1. The first kappa shape index (κ1) is 17.8. The highest BCUT2D eigenvalue weighted by molar-refractivity contribution is 7.22. The molecule has 3 amide bonds. The van der Waals surface area contributed by atoms with E-state index in [1.165, 1.54) is 11.3 Å². The third-order valence-corrected chi connectivity index (χ3v) is 7.51. The molecule has 0 spiro atoms. The number of nitrogens with one attached hydrogen (secondary N) is 1. The molecule has 2 bridgehead atoms. The molecule has 1 aliphatic heterocycles. The Morgan fingerprint density at radius 3 is 2.54 bits per heavy atom. The minimum absolute atomic E-state index is 0.129. The van der Waals surface area contributed by atoms with Crippen molar-refractivity contribution < 1.29 is 14.4 Å². The summed E-state index contributed by atoms with van der Waals surface area (Å²) in [6, 6.07) is 2.81. The van der Waals surface area contributed by atoms with Crippen molar-refractivity contribution in [3.63, 3.8) is 0 Å². The number of aryl methyl sites for hydroxylation is 1. The van der Waals surface area contributed by atoms with Crippen LogP contribution in [0, 0.1) is 30.6 Å². The lowest BCUT2D eigenvalue weighted by Crippen LogP contribution is -2.46. The van der Waals surface area contributed by atoms with Gasteiger partial charge in [0.25, 0.3) is 0 Å². The fraction of sp³-hybridized carbons (Fsp3) is 0.400. The van der Waals surface area contributed by atoms with Gasteiger partial charge >= 0.3 is 0 Å². The molecule has 0 unspecified atom stereocenters. The van der Waals surface area contributed by atoms with Gasteiger partial charge in [0, 0.05) is 5.02 Å². The van der Waals surface area contributed by atoms with E-state index in [4.69, 9.17) is 11.6 Å². The van der Waals surface area contributed by atoms with Crippen LogP contribution in [0.15, 0.2) is 24.3 Å². The smallest absolute Gasteiger partial charge is 0.249 e. The number of imide groups is 1. The Balaban J connectivity index is 1.36. The van der Waals surface area contributed by atoms with Crippen LogP contribution in [0.2, 0.25) is 5.02 Å². The predicted octanol–water partition coefficient (Wildman–Crippen LogP) is 3.39. The van der Waals surface area contributed by atoms with Gasteiger partial charge in [-0.2, -0.15) is 0 Å². The average molecular weight is 416 g/mol. The number of allylic oxidation sites excluding steroid dienone is 2. The molecule has 0 radical (unpaired) electrons. The summed E-state index contributed by atoms with van der Waals surface area (Å²) in [5.41, 5.74) is 1.64. The van der Waals surface area contributed by atoms with E-state index >= 15 is 0 Å². The minimum atomic E-state index is -0.873.